The predicted octanol–water partition coefficient (Wildman–Crippen LogP) is 4.36. The molecule has 1 amide bonds. The summed E-state index contributed by atoms with van der Waals surface area (Å²) in [6, 6.07) is 15.8. The first-order valence-electron chi connectivity index (χ1n) is 11.9. The Balaban J connectivity index is 1.31. The van der Waals surface area contributed by atoms with Gasteiger partial charge in [-0.3, -0.25) is 14.2 Å². The third kappa shape index (κ3) is 5.57. The van der Waals surface area contributed by atoms with Gasteiger partial charge in [-0.05, 0) is 62.3 Å². The number of hydrogen-bond acceptors (Lipinski definition) is 5. The summed E-state index contributed by atoms with van der Waals surface area (Å²) in [5.74, 6) is 0.685. The summed E-state index contributed by atoms with van der Waals surface area (Å²) in [4.78, 5) is 34.0. The number of nitrogens with zero attached hydrogens (tertiary/aromatic N) is 2. The number of hydrogen-bond donors (Lipinski definition) is 3. The summed E-state index contributed by atoms with van der Waals surface area (Å²) in [5.41, 5.74) is 2.95. The Kier molecular flexibility index (Phi) is 7.87. The highest BCUT2D eigenvalue weighted by atomic mass is 32.1. The van der Waals surface area contributed by atoms with Crippen molar-refractivity contribution in [3.63, 3.8) is 0 Å². The Morgan fingerprint density at radius 3 is 2.66 bits per heavy atom. The zero-order chi connectivity index (χ0) is 24.8. The van der Waals surface area contributed by atoms with Crippen LogP contribution in [0.4, 0.5) is 5.69 Å². The van der Waals surface area contributed by atoms with E-state index in [1.807, 2.05) is 36.4 Å². The van der Waals surface area contributed by atoms with Gasteiger partial charge in [0.25, 0.3) is 5.56 Å². The SMILES string of the molecule is CCN(CCCNC(=O)CCCn1c(=S)[nH]c2c([nH]c3ccc(OC)cc32)c1=O)c1ccccc1. The van der Waals surface area contributed by atoms with Gasteiger partial charge in [0.2, 0.25) is 5.91 Å². The number of anilines is 1. The van der Waals surface area contributed by atoms with Crippen LogP contribution in [0.25, 0.3) is 21.9 Å². The van der Waals surface area contributed by atoms with E-state index in [0.29, 0.717) is 47.5 Å². The van der Waals surface area contributed by atoms with E-state index in [1.54, 1.807) is 7.11 Å². The molecule has 0 bridgehead atoms. The van der Waals surface area contributed by atoms with Crippen molar-refractivity contribution in [1.82, 2.24) is 19.9 Å². The van der Waals surface area contributed by atoms with Crippen LogP contribution in [-0.2, 0) is 11.3 Å². The quantitative estimate of drug-likeness (QED) is 0.213. The lowest BCUT2D eigenvalue weighted by atomic mass is 10.2. The average Bonchev–Trinajstić information content (AvgIpc) is 3.24. The summed E-state index contributed by atoms with van der Waals surface area (Å²) >= 11 is 5.46. The molecule has 0 aliphatic rings. The van der Waals surface area contributed by atoms with Gasteiger partial charge >= 0.3 is 0 Å². The van der Waals surface area contributed by atoms with Crippen LogP contribution in [-0.4, -0.2) is 47.2 Å². The lowest BCUT2D eigenvalue weighted by Gasteiger charge is -2.23. The molecule has 0 aliphatic carbocycles. The van der Waals surface area contributed by atoms with Crippen molar-refractivity contribution in [2.24, 2.45) is 0 Å². The lowest BCUT2D eigenvalue weighted by molar-refractivity contribution is -0.121. The highest BCUT2D eigenvalue weighted by molar-refractivity contribution is 7.71. The molecular weight excluding hydrogens is 462 g/mol. The van der Waals surface area contributed by atoms with E-state index in [9.17, 15) is 9.59 Å². The molecule has 0 saturated carbocycles. The Morgan fingerprint density at radius 2 is 1.91 bits per heavy atom. The van der Waals surface area contributed by atoms with Crippen LogP contribution < -0.4 is 20.5 Å². The fourth-order valence-electron chi connectivity index (χ4n) is 4.29. The molecule has 0 atom stereocenters. The Labute approximate surface area is 208 Å². The maximum absolute atomic E-state index is 13.1. The molecular formula is C26H31N5O3S. The first-order chi connectivity index (χ1) is 17.0. The van der Waals surface area contributed by atoms with Gasteiger partial charge in [0, 0.05) is 49.2 Å². The molecule has 0 unspecified atom stereocenters. The second-order valence-corrected chi connectivity index (χ2v) is 8.78. The highest BCUT2D eigenvalue weighted by Gasteiger charge is 2.13. The summed E-state index contributed by atoms with van der Waals surface area (Å²) in [6.07, 6.45) is 1.72. The average molecular weight is 494 g/mol. The van der Waals surface area contributed by atoms with Crippen LogP contribution in [0, 0.1) is 4.77 Å². The number of benzene rings is 2. The number of amides is 1. The topological polar surface area (TPSA) is 95.2 Å². The summed E-state index contributed by atoms with van der Waals surface area (Å²) in [6.45, 7) is 4.91. The third-order valence-electron chi connectivity index (χ3n) is 6.16. The normalized spacial score (nSPS) is 11.1. The largest absolute Gasteiger partial charge is 0.497 e. The minimum absolute atomic E-state index is 0.0190. The number of ether oxygens (including phenoxy) is 1. The van der Waals surface area contributed by atoms with Crippen LogP contribution in [0.5, 0.6) is 5.75 Å². The van der Waals surface area contributed by atoms with Gasteiger partial charge in [-0.25, -0.2) is 0 Å². The minimum Gasteiger partial charge on any atom is -0.497 e. The fourth-order valence-corrected chi connectivity index (χ4v) is 4.56. The number of carbonyl (C=O) groups is 1. The van der Waals surface area contributed by atoms with Gasteiger partial charge in [-0.1, -0.05) is 18.2 Å². The molecule has 0 saturated heterocycles. The molecule has 3 N–H and O–H groups in total. The molecule has 184 valence electrons. The van der Waals surface area contributed by atoms with E-state index in [0.717, 1.165) is 30.4 Å². The van der Waals surface area contributed by atoms with Crippen LogP contribution in [0.3, 0.4) is 0 Å². The Bertz CT molecular complexity index is 1420. The van der Waals surface area contributed by atoms with Gasteiger partial charge in [0.1, 0.15) is 11.3 Å². The maximum atomic E-state index is 13.1. The van der Waals surface area contributed by atoms with Gasteiger partial charge in [-0.2, -0.15) is 0 Å². The van der Waals surface area contributed by atoms with Crippen LogP contribution in [0.1, 0.15) is 26.2 Å². The zero-order valence-corrected chi connectivity index (χ0v) is 20.9. The Hall–Kier alpha value is -3.59. The van der Waals surface area contributed by atoms with E-state index < -0.39 is 0 Å². The van der Waals surface area contributed by atoms with Crippen molar-refractivity contribution < 1.29 is 9.53 Å². The number of carbonyl (C=O) groups excluding carboxylic acids is 1. The number of rotatable bonds is 11. The van der Waals surface area contributed by atoms with Gasteiger partial charge in [-0.15, -0.1) is 0 Å². The smallest absolute Gasteiger partial charge is 0.278 e. The van der Waals surface area contributed by atoms with E-state index in [2.05, 4.69) is 39.2 Å². The van der Waals surface area contributed by atoms with Crippen molar-refractivity contribution >= 4 is 45.7 Å². The first-order valence-corrected chi connectivity index (χ1v) is 12.3. The molecule has 0 fully saturated rings. The molecule has 8 nitrogen and oxygen atoms in total. The lowest BCUT2D eigenvalue weighted by Crippen LogP contribution is -2.30. The fraction of sp³-hybridized carbons (Fsp3) is 0.346. The molecule has 0 aliphatic heterocycles. The van der Waals surface area contributed by atoms with Crippen molar-refractivity contribution in [2.75, 3.05) is 31.6 Å². The molecule has 0 radical (unpaired) electrons. The number of fused-ring (bicyclic) bond motifs is 3. The van der Waals surface area contributed by atoms with E-state index in [4.69, 9.17) is 17.0 Å². The highest BCUT2D eigenvalue weighted by Crippen LogP contribution is 2.25. The van der Waals surface area contributed by atoms with Crippen LogP contribution in [0.2, 0.25) is 0 Å². The molecule has 2 heterocycles. The maximum Gasteiger partial charge on any atom is 0.278 e. The second kappa shape index (κ2) is 11.2. The summed E-state index contributed by atoms with van der Waals surface area (Å²) in [5, 5.41) is 3.83. The number of aromatic amines is 2. The number of para-hydroxylation sites is 1. The number of nitrogens with one attached hydrogen (secondary N) is 3. The summed E-state index contributed by atoms with van der Waals surface area (Å²) < 4.78 is 7.15. The molecule has 2 aromatic heterocycles. The van der Waals surface area contributed by atoms with E-state index in [1.165, 1.54) is 10.3 Å². The standard InChI is InChI=1S/C26H31N5O3S/c1-3-30(18-9-5-4-6-10-18)15-8-14-27-22(32)11-7-16-31-25(33)24-23(29-26(31)35)20-17-19(34-2)12-13-21(20)28-24/h4-6,9-10,12-13,17,28H,3,7-8,11,14-16H2,1-2H3,(H,27,32)(H,29,35). The van der Waals surface area contributed by atoms with Crippen molar-refractivity contribution in [3.8, 4) is 5.75 Å². The summed E-state index contributed by atoms with van der Waals surface area (Å²) in [7, 11) is 1.60. The molecule has 4 aromatic rings. The molecule has 2 aromatic carbocycles. The van der Waals surface area contributed by atoms with Crippen molar-refractivity contribution in [2.45, 2.75) is 32.7 Å². The minimum atomic E-state index is -0.195. The monoisotopic (exact) mass is 493 g/mol. The number of methoxy groups -OCH3 is 1. The van der Waals surface area contributed by atoms with Gasteiger partial charge in [0.15, 0.2) is 4.77 Å². The molecule has 0 spiro atoms. The second-order valence-electron chi connectivity index (χ2n) is 8.40. The number of aromatic nitrogens is 3. The first kappa shape index (κ1) is 24.5. The molecule has 35 heavy (non-hydrogen) atoms. The molecule has 4 rings (SSSR count). The van der Waals surface area contributed by atoms with E-state index in [-0.39, 0.29) is 11.5 Å². The van der Waals surface area contributed by atoms with E-state index >= 15 is 0 Å². The Morgan fingerprint density at radius 1 is 1.11 bits per heavy atom. The van der Waals surface area contributed by atoms with Crippen LogP contribution in [0.15, 0.2) is 53.3 Å². The third-order valence-corrected chi connectivity index (χ3v) is 6.48. The van der Waals surface area contributed by atoms with Crippen molar-refractivity contribution in [1.29, 1.82) is 0 Å². The van der Waals surface area contributed by atoms with Gasteiger partial charge in [0.05, 0.1) is 12.6 Å². The van der Waals surface area contributed by atoms with Crippen molar-refractivity contribution in [3.05, 3.63) is 63.7 Å². The number of H-pyrrole nitrogens is 2. The predicted molar refractivity (Wildman–Crippen MR) is 143 cm³/mol. The molecule has 9 heteroatoms. The van der Waals surface area contributed by atoms with Gasteiger partial charge < -0.3 is 24.9 Å². The zero-order valence-electron chi connectivity index (χ0n) is 20.1. The van der Waals surface area contributed by atoms with Crippen LogP contribution >= 0.6 is 12.2 Å².